The molecule has 2 aromatic rings. The van der Waals surface area contributed by atoms with E-state index in [1.165, 1.54) is 5.56 Å². The highest BCUT2D eigenvalue weighted by Gasteiger charge is 2.22. The fourth-order valence-corrected chi connectivity index (χ4v) is 3.93. The molecule has 1 amide bonds. The molecule has 0 aliphatic carbocycles. The molecule has 0 bridgehead atoms. The molecule has 0 radical (unpaired) electrons. The van der Waals surface area contributed by atoms with Gasteiger partial charge in [0.25, 0.3) is 0 Å². The summed E-state index contributed by atoms with van der Waals surface area (Å²) in [5, 5.41) is 7.42. The van der Waals surface area contributed by atoms with Crippen molar-refractivity contribution in [1.82, 2.24) is 20.0 Å². The number of aromatic nitrogens is 2. The molecule has 1 unspecified atom stereocenters. The van der Waals surface area contributed by atoms with Crippen LogP contribution in [0.1, 0.15) is 49.0 Å². The zero-order valence-electron chi connectivity index (χ0n) is 16.8. The fourth-order valence-electron chi connectivity index (χ4n) is 3.93. The molecule has 1 fully saturated rings. The van der Waals surface area contributed by atoms with Gasteiger partial charge in [0.05, 0.1) is 12.2 Å². The number of amides is 1. The maximum Gasteiger partial charge on any atom is 0.220 e. The Morgan fingerprint density at radius 1 is 1.26 bits per heavy atom. The summed E-state index contributed by atoms with van der Waals surface area (Å²) in [6.07, 6.45) is 5.82. The van der Waals surface area contributed by atoms with Gasteiger partial charge in [-0.2, -0.15) is 5.10 Å². The molecule has 1 aromatic heterocycles. The smallest absolute Gasteiger partial charge is 0.220 e. The van der Waals surface area contributed by atoms with Gasteiger partial charge in [0, 0.05) is 31.3 Å². The highest BCUT2D eigenvalue weighted by molar-refractivity contribution is 5.76. The van der Waals surface area contributed by atoms with Gasteiger partial charge in [0.15, 0.2) is 0 Å². The Bertz CT molecular complexity index is 732. The molecule has 0 saturated carbocycles. The molecular formula is C22H32N4O. The van der Waals surface area contributed by atoms with Gasteiger partial charge >= 0.3 is 0 Å². The lowest BCUT2D eigenvalue weighted by Gasteiger charge is -2.31. The molecule has 3 rings (SSSR count). The van der Waals surface area contributed by atoms with Crippen molar-refractivity contribution in [3.63, 3.8) is 0 Å². The number of nitrogens with one attached hydrogen (secondary N) is 1. The minimum atomic E-state index is 0.0113. The van der Waals surface area contributed by atoms with E-state index < -0.39 is 0 Å². The minimum absolute atomic E-state index is 0.0113. The molecule has 2 heterocycles. The predicted molar refractivity (Wildman–Crippen MR) is 108 cm³/mol. The van der Waals surface area contributed by atoms with E-state index in [0.29, 0.717) is 12.3 Å². The van der Waals surface area contributed by atoms with E-state index in [0.717, 1.165) is 50.2 Å². The summed E-state index contributed by atoms with van der Waals surface area (Å²) >= 11 is 0. The van der Waals surface area contributed by atoms with Gasteiger partial charge in [-0.05, 0) is 57.7 Å². The summed E-state index contributed by atoms with van der Waals surface area (Å²) < 4.78 is 1.85. The second kappa shape index (κ2) is 9.18. The third-order valence-corrected chi connectivity index (χ3v) is 5.86. The Morgan fingerprint density at radius 2 is 1.96 bits per heavy atom. The van der Waals surface area contributed by atoms with E-state index in [1.807, 2.05) is 31.8 Å². The topological polar surface area (TPSA) is 50.2 Å². The summed E-state index contributed by atoms with van der Waals surface area (Å²) in [6.45, 7) is 7.38. The lowest BCUT2D eigenvalue weighted by atomic mass is 9.92. The van der Waals surface area contributed by atoms with Gasteiger partial charge in [-0.15, -0.1) is 0 Å². The quantitative estimate of drug-likeness (QED) is 0.816. The van der Waals surface area contributed by atoms with Crippen molar-refractivity contribution in [2.75, 3.05) is 19.6 Å². The van der Waals surface area contributed by atoms with Crippen molar-refractivity contribution in [2.24, 2.45) is 13.0 Å². The summed E-state index contributed by atoms with van der Waals surface area (Å²) in [7, 11) is 1.93. The van der Waals surface area contributed by atoms with Gasteiger partial charge < -0.3 is 10.2 Å². The highest BCUT2D eigenvalue weighted by atomic mass is 16.1. The molecule has 5 heteroatoms. The van der Waals surface area contributed by atoms with Crippen LogP contribution in [0.3, 0.4) is 0 Å². The van der Waals surface area contributed by atoms with Gasteiger partial charge in [0.2, 0.25) is 5.91 Å². The molecule has 5 nitrogen and oxygen atoms in total. The van der Waals surface area contributed by atoms with Crippen molar-refractivity contribution < 1.29 is 4.79 Å². The second-order valence-electron chi connectivity index (χ2n) is 7.82. The standard InChI is InChI=1S/C22H32N4O/c1-17(21-16-23-25(3)18(21)2)24-22(27)15-20-10-13-26(14-11-20)12-9-19-7-5-4-6-8-19/h4-8,16-17,20H,9-15H2,1-3H3,(H,24,27). The molecule has 1 N–H and O–H groups in total. The average Bonchev–Trinajstić information content (AvgIpc) is 3.01. The molecule has 1 saturated heterocycles. The zero-order valence-corrected chi connectivity index (χ0v) is 16.8. The molecular weight excluding hydrogens is 336 g/mol. The van der Waals surface area contributed by atoms with Crippen LogP contribution in [-0.4, -0.2) is 40.2 Å². The van der Waals surface area contributed by atoms with Gasteiger partial charge in [-0.25, -0.2) is 0 Å². The van der Waals surface area contributed by atoms with Crippen molar-refractivity contribution in [1.29, 1.82) is 0 Å². The average molecular weight is 369 g/mol. The first-order chi connectivity index (χ1) is 13.0. The predicted octanol–water partition coefficient (Wildman–Crippen LogP) is 3.25. The van der Waals surface area contributed by atoms with Crippen LogP contribution in [0.4, 0.5) is 0 Å². The first kappa shape index (κ1) is 19.6. The maximum absolute atomic E-state index is 12.5. The SMILES string of the molecule is Cc1c(C(C)NC(=O)CC2CCN(CCc3ccccc3)CC2)cnn1C. The van der Waals surface area contributed by atoms with E-state index in [4.69, 9.17) is 0 Å². The number of carbonyl (C=O) groups excluding carboxylic acids is 1. The lowest BCUT2D eigenvalue weighted by molar-refractivity contribution is -0.123. The van der Waals surface area contributed by atoms with Crippen LogP contribution in [0.2, 0.25) is 0 Å². The van der Waals surface area contributed by atoms with Crippen molar-refractivity contribution in [2.45, 2.75) is 45.6 Å². The molecule has 1 aromatic carbocycles. The number of hydrogen-bond acceptors (Lipinski definition) is 3. The lowest BCUT2D eigenvalue weighted by Crippen LogP contribution is -2.37. The van der Waals surface area contributed by atoms with Crippen LogP contribution in [0.25, 0.3) is 0 Å². The molecule has 27 heavy (non-hydrogen) atoms. The maximum atomic E-state index is 12.5. The number of likely N-dealkylation sites (tertiary alicyclic amines) is 1. The monoisotopic (exact) mass is 368 g/mol. The Morgan fingerprint density at radius 3 is 2.59 bits per heavy atom. The highest BCUT2D eigenvalue weighted by Crippen LogP contribution is 2.22. The van der Waals surface area contributed by atoms with E-state index in [9.17, 15) is 4.79 Å². The Kier molecular flexibility index (Phi) is 6.67. The van der Waals surface area contributed by atoms with E-state index in [-0.39, 0.29) is 11.9 Å². The second-order valence-corrected chi connectivity index (χ2v) is 7.82. The van der Waals surface area contributed by atoms with Crippen LogP contribution in [0.5, 0.6) is 0 Å². The Hall–Kier alpha value is -2.14. The molecule has 1 aliphatic heterocycles. The number of hydrogen-bond donors (Lipinski definition) is 1. The number of aryl methyl sites for hydroxylation is 1. The summed E-state index contributed by atoms with van der Waals surface area (Å²) in [5.74, 6) is 0.661. The number of piperidine rings is 1. The van der Waals surface area contributed by atoms with Crippen molar-refractivity contribution in [3.8, 4) is 0 Å². The van der Waals surface area contributed by atoms with Gasteiger partial charge in [0.1, 0.15) is 0 Å². The van der Waals surface area contributed by atoms with Crippen molar-refractivity contribution in [3.05, 3.63) is 53.3 Å². The van der Waals surface area contributed by atoms with Crippen LogP contribution < -0.4 is 5.32 Å². The fraction of sp³-hybridized carbons (Fsp3) is 0.545. The summed E-state index contributed by atoms with van der Waals surface area (Å²) in [6, 6.07) is 10.7. The van der Waals surface area contributed by atoms with Gasteiger partial charge in [-0.1, -0.05) is 30.3 Å². The largest absolute Gasteiger partial charge is 0.349 e. The molecule has 146 valence electrons. The van der Waals surface area contributed by atoms with Crippen LogP contribution >= 0.6 is 0 Å². The van der Waals surface area contributed by atoms with Crippen LogP contribution in [0.15, 0.2) is 36.5 Å². The number of nitrogens with zero attached hydrogens (tertiary/aromatic N) is 3. The number of benzene rings is 1. The first-order valence-electron chi connectivity index (χ1n) is 10.1. The van der Waals surface area contributed by atoms with Crippen LogP contribution in [0, 0.1) is 12.8 Å². The third kappa shape index (κ3) is 5.42. The molecule has 0 spiro atoms. The Labute approximate surface area is 162 Å². The normalized spacial score (nSPS) is 17.0. The first-order valence-corrected chi connectivity index (χ1v) is 10.1. The Balaban J connectivity index is 1.38. The van der Waals surface area contributed by atoms with E-state index in [1.54, 1.807) is 0 Å². The van der Waals surface area contributed by atoms with E-state index >= 15 is 0 Å². The van der Waals surface area contributed by atoms with Crippen molar-refractivity contribution >= 4 is 5.91 Å². The number of carbonyl (C=O) groups is 1. The minimum Gasteiger partial charge on any atom is -0.349 e. The van der Waals surface area contributed by atoms with E-state index in [2.05, 4.69) is 45.6 Å². The molecule has 1 atom stereocenters. The van der Waals surface area contributed by atoms with Crippen LogP contribution in [-0.2, 0) is 18.3 Å². The summed E-state index contributed by atoms with van der Waals surface area (Å²) in [4.78, 5) is 15.0. The van der Waals surface area contributed by atoms with Gasteiger partial charge in [-0.3, -0.25) is 9.48 Å². The molecule has 1 aliphatic rings. The summed E-state index contributed by atoms with van der Waals surface area (Å²) in [5.41, 5.74) is 3.61. The third-order valence-electron chi connectivity index (χ3n) is 5.86. The number of rotatable bonds is 7. The zero-order chi connectivity index (χ0) is 19.2.